The topological polar surface area (TPSA) is 38.9 Å². The normalized spacial score (nSPS) is 10.6. The van der Waals surface area contributed by atoms with Gasteiger partial charge >= 0.3 is 0 Å². The lowest BCUT2D eigenvalue weighted by molar-refractivity contribution is 0.627. The van der Waals surface area contributed by atoms with Crippen LogP contribution in [0.2, 0.25) is 4.47 Å². The first kappa shape index (κ1) is 11.7. The molecule has 84 valence electrons. The number of hydrogen-bond donors (Lipinski definition) is 1. The third-order valence-corrected chi connectivity index (χ3v) is 4.30. The molecule has 2 aromatic rings. The number of thioether (sulfide) groups is 1. The molecular weight excluding hydrogens is 267 g/mol. The standard InChI is InChI=1S/C10H8ClFN2S2/c11-10-14-4-7(16-10)5-15-9-2-1-6(12)3-8(9)13/h1-4H,5,13H2. The molecule has 0 spiro atoms. The smallest absolute Gasteiger partial charge is 0.183 e. The number of thiazole rings is 1. The minimum absolute atomic E-state index is 0.317. The van der Waals surface area contributed by atoms with Crippen molar-refractivity contribution in [2.24, 2.45) is 0 Å². The predicted octanol–water partition coefficient (Wildman–Crippen LogP) is 3.81. The Bertz CT molecular complexity index is 501. The first-order valence-corrected chi connectivity index (χ1v) is 6.61. The molecule has 0 unspecified atom stereocenters. The number of nitrogen functional groups attached to an aromatic ring is 1. The van der Waals surface area contributed by atoms with Crippen LogP contribution in [0, 0.1) is 5.82 Å². The van der Waals surface area contributed by atoms with Gasteiger partial charge in [-0.2, -0.15) is 0 Å². The Balaban J connectivity index is 2.04. The molecule has 1 aromatic heterocycles. The summed E-state index contributed by atoms with van der Waals surface area (Å²) in [6.45, 7) is 0. The number of nitrogens with two attached hydrogens (primary N) is 1. The highest BCUT2D eigenvalue weighted by molar-refractivity contribution is 7.98. The molecule has 0 fully saturated rings. The van der Waals surface area contributed by atoms with Crippen LogP contribution in [0.5, 0.6) is 0 Å². The lowest BCUT2D eigenvalue weighted by atomic mass is 10.3. The summed E-state index contributed by atoms with van der Waals surface area (Å²) in [5, 5.41) is 0. The number of aromatic nitrogens is 1. The van der Waals surface area contributed by atoms with Gasteiger partial charge in [0.25, 0.3) is 0 Å². The van der Waals surface area contributed by atoms with Gasteiger partial charge in [0.2, 0.25) is 0 Å². The number of halogens is 2. The van der Waals surface area contributed by atoms with Crippen LogP contribution in [0.25, 0.3) is 0 Å². The highest BCUT2D eigenvalue weighted by Gasteiger charge is 2.04. The van der Waals surface area contributed by atoms with Crippen molar-refractivity contribution in [2.75, 3.05) is 5.73 Å². The molecule has 16 heavy (non-hydrogen) atoms. The molecule has 0 aliphatic heterocycles. The zero-order chi connectivity index (χ0) is 11.5. The quantitative estimate of drug-likeness (QED) is 0.683. The second-order valence-electron chi connectivity index (χ2n) is 3.05. The van der Waals surface area contributed by atoms with Gasteiger partial charge in [-0.05, 0) is 18.2 Å². The van der Waals surface area contributed by atoms with E-state index in [0.717, 1.165) is 15.5 Å². The van der Waals surface area contributed by atoms with Gasteiger partial charge in [0.15, 0.2) is 4.47 Å². The van der Waals surface area contributed by atoms with Crippen LogP contribution in [0.15, 0.2) is 29.3 Å². The molecule has 0 aliphatic rings. The van der Waals surface area contributed by atoms with Gasteiger partial charge in [0.1, 0.15) is 5.82 Å². The van der Waals surface area contributed by atoms with E-state index in [4.69, 9.17) is 17.3 Å². The van der Waals surface area contributed by atoms with Crippen molar-refractivity contribution in [2.45, 2.75) is 10.6 Å². The van der Waals surface area contributed by atoms with Crippen LogP contribution in [0.3, 0.4) is 0 Å². The molecule has 0 amide bonds. The van der Waals surface area contributed by atoms with Gasteiger partial charge < -0.3 is 5.73 Å². The van der Waals surface area contributed by atoms with Gasteiger partial charge in [0, 0.05) is 27.4 Å². The fourth-order valence-electron chi connectivity index (χ4n) is 1.15. The Kier molecular flexibility index (Phi) is 3.68. The Morgan fingerprint density at radius 2 is 2.31 bits per heavy atom. The lowest BCUT2D eigenvalue weighted by Crippen LogP contribution is -1.89. The Morgan fingerprint density at radius 3 is 2.94 bits per heavy atom. The van der Waals surface area contributed by atoms with Gasteiger partial charge in [-0.25, -0.2) is 9.37 Å². The third kappa shape index (κ3) is 2.87. The fraction of sp³-hybridized carbons (Fsp3) is 0.100. The van der Waals surface area contributed by atoms with E-state index >= 15 is 0 Å². The number of hydrogen-bond acceptors (Lipinski definition) is 4. The number of anilines is 1. The lowest BCUT2D eigenvalue weighted by Gasteiger charge is -2.03. The monoisotopic (exact) mass is 274 g/mol. The van der Waals surface area contributed by atoms with Crippen molar-refractivity contribution in [3.05, 3.63) is 39.6 Å². The number of nitrogens with zero attached hydrogens (tertiary/aromatic N) is 1. The SMILES string of the molecule is Nc1cc(F)ccc1SCc1cnc(Cl)s1. The van der Waals surface area contributed by atoms with Crippen LogP contribution in [-0.2, 0) is 5.75 Å². The van der Waals surface area contributed by atoms with E-state index in [1.165, 1.54) is 23.5 Å². The van der Waals surface area contributed by atoms with Crippen molar-refractivity contribution in [3.63, 3.8) is 0 Å². The molecule has 1 aromatic carbocycles. The van der Waals surface area contributed by atoms with Crippen molar-refractivity contribution in [3.8, 4) is 0 Å². The van der Waals surface area contributed by atoms with Crippen LogP contribution in [0.4, 0.5) is 10.1 Å². The van der Waals surface area contributed by atoms with E-state index in [-0.39, 0.29) is 5.82 Å². The first-order valence-electron chi connectivity index (χ1n) is 4.43. The maximum Gasteiger partial charge on any atom is 0.183 e. The largest absolute Gasteiger partial charge is 0.398 e. The summed E-state index contributed by atoms with van der Waals surface area (Å²) in [6, 6.07) is 4.40. The molecule has 0 bridgehead atoms. The van der Waals surface area contributed by atoms with E-state index in [0.29, 0.717) is 10.2 Å². The molecule has 2 rings (SSSR count). The molecule has 0 radical (unpaired) electrons. The van der Waals surface area contributed by atoms with E-state index in [2.05, 4.69) is 4.98 Å². The summed E-state index contributed by atoms with van der Waals surface area (Å²) < 4.78 is 13.3. The van der Waals surface area contributed by atoms with Crippen molar-refractivity contribution >= 4 is 40.4 Å². The van der Waals surface area contributed by atoms with Crippen molar-refractivity contribution in [1.82, 2.24) is 4.98 Å². The first-order chi connectivity index (χ1) is 7.65. The molecule has 2 N–H and O–H groups in total. The van der Waals surface area contributed by atoms with Gasteiger partial charge in [-0.1, -0.05) is 11.6 Å². The van der Waals surface area contributed by atoms with Gasteiger partial charge in [0.05, 0.1) is 0 Å². The molecule has 0 saturated heterocycles. The molecule has 1 heterocycles. The van der Waals surface area contributed by atoms with Crippen LogP contribution in [0.1, 0.15) is 4.88 Å². The van der Waals surface area contributed by atoms with Crippen LogP contribution in [-0.4, -0.2) is 4.98 Å². The van der Waals surface area contributed by atoms with Crippen LogP contribution < -0.4 is 5.73 Å². The maximum atomic E-state index is 12.8. The summed E-state index contributed by atoms with van der Waals surface area (Å²) in [5.41, 5.74) is 6.15. The third-order valence-electron chi connectivity index (χ3n) is 1.87. The number of rotatable bonds is 3. The fourth-order valence-corrected chi connectivity index (χ4v) is 3.10. The van der Waals surface area contributed by atoms with Crippen molar-refractivity contribution in [1.29, 1.82) is 0 Å². The predicted molar refractivity (Wildman–Crippen MR) is 67.5 cm³/mol. The average molecular weight is 275 g/mol. The highest BCUT2D eigenvalue weighted by atomic mass is 35.5. The summed E-state index contributed by atoms with van der Waals surface area (Å²) in [5.74, 6) is 0.419. The van der Waals surface area contributed by atoms with Crippen LogP contribution >= 0.6 is 34.7 Å². The van der Waals surface area contributed by atoms with E-state index in [1.807, 2.05) is 0 Å². The maximum absolute atomic E-state index is 12.8. The zero-order valence-electron chi connectivity index (χ0n) is 8.11. The van der Waals surface area contributed by atoms with Gasteiger partial charge in [-0.15, -0.1) is 23.1 Å². The summed E-state index contributed by atoms with van der Waals surface area (Å²) in [4.78, 5) is 5.88. The average Bonchev–Trinajstić information content (AvgIpc) is 2.63. The molecule has 0 saturated carbocycles. The molecule has 0 atom stereocenters. The summed E-state index contributed by atoms with van der Waals surface area (Å²) in [6.07, 6.45) is 1.74. The zero-order valence-corrected chi connectivity index (χ0v) is 10.5. The van der Waals surface area contributed by atoms with E-state index in [9.17, 15) is 4.39 Å². The molecular formula is C10H8ClFN2S2. The molecule has 0 aliphatic carbocycles. The van der Waals surface area contributed by atoms with E-state index in [1.54, 1.807) is 24.0 Å². The van der Waals surface area contributed by atoms with E-state index < -0.39 is 0 Å². The Hall–Kier alpha value is -0.780. The summed E-state index contributed by atoms with van der Waals surface area (Å²) in [7, 11) is 0. The van der Waals surface area contributed by atoms with Gasteiger partial charge in [-0.3, -0.25) is 0 Å². The minimum Gasteiger partial charge on any atom is -0.398 e. The molecule has 6 heteroatoms. The highest BCUT2D eigenvalue weighted by Crippen LogP contribution is 2.30. The number of benzene rings is 1. The Morgan fingerprint density at radius 1 is 1.50 bits per heavy atom. The minimum atomic E-state index is -0.317. The Labute approximate surface area is 106 Å². The second kappa shape index (κ2) is 5.03. The second-order valence-corrected chi connectivity index (χ2v) is 5.76. The molecule has 2 nitrogen and oxygen atoms in total. The van der Waals surface area contributed by atoms with Crippen molar-refractivity contribution < 1.29 is 4.39 Å². The summed E-state index contributed by atoms with van der Waals surface area (Å²) >= 11 is 8.69.